The summed E-state index contributed by atoms with van der Waals surface area (Å²) in [5.74, 6) is -1.84. The molecule has 0 aromatic carbocycles. The van der Waals surface area contributed by atoms with Crippen molar-refractivity contribution >= 4 is 17.6 Å². The van der Waals surface area contributed by atoms with Crippen LogP contribution in [0, 0.1) is 28.6 Å². The van der Waals surface area contributed by atoms with Gasteiger partial charge in [-0.25, -0.2) is 0 Å². The van der Waals surface area contributed by atoms with Gasteiger partial charge in [0.1, 0.15) is 11.7 Å². The maximum Gasteiger partial charge on any atom is 0.307 e. The van der Waals surface area contributed by atoms with Gasteiger partial charge in [0.05, 0.1) is 29.8 Å². The Hall–Kier alpha value is -0.440. The zero-order chi connectivity index (χ0) is 23.2. The predicted molar refractivity (Wildman–Crippen MR) is 113 cm³/mol. The van der Waals surface area contributed by atoms with Crippen LogP contribution in [-0.4, -0.2) is 72.5 Å². The van der Waals surface area contributed by atoms with Crippen molar-refractivity contribution in [3.63, 3.8) is 0 Å². The highest BCUT2D eigenvalue weighted by Gasteiger charge is 2.77. The van der Waals surface area contributed by atoms with Crippen molar-refractivity contribution in [3.05, 3.63) is 0 Å². The topological polar surface area (TPSA) is 127 Å². The standard InChI is InChI=1S/C23H37ClO7/c1-19(2)15(25)9-14-21(4,29)13-6-5-12-18(31-17(27)7-8-24)22(13,11-20(12,3)28)10-16(26)23(14,19)30/h12-16,18,25-26,28-30H,5-11H2,1-4H3/t12-,13-,14-,15-,16-,18?,20+,21+,22?,23-/m0/s1. The molecule has 0 radical (unpaired) electrons. The smallest absolute Gasteiger partial charge is 0.307 e. The molecule has 4 rings (SSSR count). The monoisotopic (exact) mass is 460 g/mol. The van der Waals surface area contributed by atoms with Gasteiger partial charge in [-0.15, -0.1) is 11.6 Å². The molecule has 0 aromatic heterocycles. The molecule has 0 aromatic rings. The summed E-state index contributed by atoms with van der Waals surface area (Å²) in [7, 11) is 0. The fraction of sp³-hybridized carbons (Fsp3) is 0.957. The molecular weight excluding hydrogens is 424 g/mol. The van der Waals surface area contributed by atoms with E-state index in [0.29, 0.717) is 12.8 Å². The van der Waals surface area contributed by atoms with Crippen molar-refractivity contribution in [1.29, 1.82) is 0 Å². The van der Waals surface area contributed by atoms with Crippen molar-refractivity contribution in [2.24, 2.45) is 28.6 Å². The van der Waals surface area contributed by atoms with E-state index in [2.05, 4.69) is 0 Å². The molecule has 0 aliphatic heterocycles. The molecule has 1 spiro atoms. The van der Waals surface area contributed by atoms with Gasteiger partial charge in [-0.1, -0.05) is 13.8 Å². The van der Waals surface area contributed by atoms with Gasteiger partial charge in [0, 0.05) is 28.5 Å². The molecule has 0 saturated heterocycles. The van der Waals surface area contributed by atoms with Gasteiger partial charge in [0.25, 0.3) is 0 Å². The lowest BCUT2D eigenvalue weighted by molar-refractivity contribution is -0.202. The molecule has 5 N–H and O–H groups in total. The Kier molecular flexibility index (Phi) is 5.38. The minimum Gasteiger partial charge on any atom is -0.461 e. The first-order chi connectivity index (χ1) is 14.2. The van der Waals surface area contributed by atoms with Crippen molar-refractivity contribution in [3.8, 4) is 0 Å². The summed E-state index contributed by atoms with van der Waals surface area (Å²) < 4.78 is 5.90. The fourth-order valence-electron chi connectivity index (χ4n) is 8.24. The molecule has 2 unspecified atom stereocenters. The SMILES string of the molecule is CC1(C)[C@@H](O)C[C@H]2[C@](C)(O)[C@@H]3CC[C@H]4C(OC(=O)CCCl)C3(C[C@H](O)[C@@]21O)C[C@@]4(C)O. The zero-order valence-corrected chi connectivity index (χ0v) is 19.6. The van der Waals surface area contributed by atoms with Crippen LogP contribution in [-0.2, 0) is 9.53 Å². The number of alkyl halides is 1. The Labute approximate surface area is 188 Å². The van der Waals surface area contributed by atoms with E-state index in [9.17, 15) is 30.3 Å². The number of fused-ring (bicyclic) bond motifs is 2. The molecule has 7 nitrogen and oxygen atoms in total. The van der Waals surface area contributed by atoms with Crippen LogP contribution in [0.15, 0.2) is 0 Å². The normalized spacial score (nSPS) is 55.3. The third-order valence-corrected chi connectivity index (χ3v) is 9.97. The molecular formula is C23H37ClO7. The number of aliphatic hydroxyl groups excluding tert-OH is 2. The highest BCUT2D eigenvalue weighted by atomic mass is 35.5. The average Bonchev–Trinajstić information content (AvgIpc) is 2.87. The highest BCUT2D eigenvalue weighted by Crippen LogP contribution is 2.70. The molecule has 178 valence electrons. The maximum atomic E-state index is 12.5. The summed E-state index contributed by atoms with van der Waals surface area (Å²) in [6, 6.07) is 0. The van der Waals surface area contributed by atoms with Gasteiger partial charge in [-0.3, -0.25) is 4.79 Å². The largest absolute Gasteiger partial charge is 0.461 e. The second-order valence-corrected chi connectivity index (χ2v) is 12.0. The molecule has 4 fully saturated rings. The number of aliphatic hydroxyl groups is 5. The van der Waals surface area contributed by atoms with E-state index in [4.69, 9.17) is 16.3 Å². The number of hydrogen-bond donors (Lipinski definition) is 5. The van der Waals surface area contributed by atoms with E-state index in [1.165, 1.54) is 0 Å². The Morgan fingerprint density at radius 1 is 1.03 bits per heavy atom. The van der Waals surface area contributed by atoms with Gasteiger partial charge >= 0.3 is 5.97 Å². The van der Waals surface area contributed by atoms with Gasteiger partial charge in [-0.05, 0) is 51.9 Å². The van der Waals surface area contributed by atoms with E-state index >= 15 is 0 Å². The molecule has 0 heterocycles. The van der Waals surface area contributed by atoms with Crippen LogP contribution in [0.25, 0.3) is 0 Å². The van der Waals surface area contributed by atoms with E-state index < -0.39 is 63.8 Å². The number of ether oxygens (including phenoxy) is 1. The molecule has 10 atom stereocenters. The Balaban J connectivity index is 1.85. The first kappa shape index (κ1) is 23.7. The third kappa shape index (κ3) is 2.93. The maximum absolute atomic E-state index is 12.5. The van der Waals surface area contributed by atoms with Crippen LogP contribution >= 0.6 is 11.6 Å². The summed E-state index contributed by atoms with van der Waals surface area (Å²) in [4.78, 5) is 12.5. The lowest BCUT2D eigenvalue weighted by Gasteiger charge is -2.52. The minimum atomic E-state index is -1.73. The summed E-state index contributed by atoms with van der Waals surface area (Å²) in [6.07, 6.45) is -1.16. The summed E-state index contributed by atoms with van der Waals surface area (Å²) in [5.41, 5.74) is -6.23. The first-order valence-electron chi connectivity index (χ1n) is 11.4. The Morgan fingerprint density at radius 2 is 1.68 bits per heavy atom. The zero-order valence-electron chi connectivity index (χ0n) is 18.8. The van der Waals surface area contributed by atoms with Crippen LogP contribution in [0.5, 0.6) is 0 Å². The summed E-state index contributed by atoms with van der Waals surface area (Å²) in [6.45, 7) is 6.84. The lowest BCUT2D eigenvalue weighted by atomic mass is 9.57. The van der Waals surface area contributed by atoms with Gasteiger partial charge < -0.3 is 30.3 Å². The number of hydrogen-bond acceptors (Lipinski definition) is 7. The number of esters is 1. The molecule has 4 aliphatic carbocycles. The molecule has 4 saturated carbocycles. The van der Waals surface area contributed by atoms with E-state index in [0.717, 1.165) is 0 Å². The van der Waals surface area contributed by atoms with E-state index in [1.807, 2.05) is 0 Å². The number of rotatable bonds is 3. The predicted octanol–water partition coefficient (Wildman–Crippen LogP) is 1.35. The molecule has 4 aliphatic rings. The number of halogens is 1. The Morgan fingerprint density at radius 3 is 2.29 bits per heavy atom. The van der Waals surface area contributed by atoms with Crippen LogP contribution in [0.1, 0.15) is 66.2 Å². The molecule has 8 heteroatoms. The summed E-state index contributed by atoms with van der Waals surface area (Å²) in [5, 5.41) is 57.3. The van der Waals surface area contributed by atoms with Crippen LogP contribution in [0.4, 0.5) is 0 Å². The van der Waals surface area contributed by atoms with Crippen LogP contribution in [0.3, 0.4) is 0 Å². The first-order valence-corrected chi connectivity index (χ1v) is 12.0. The van der Waals surface area contributed by atoms with Crippen molar-refractivity contribution in [2.75, 3.05) is 5.88 Å². The van der Waals surface area contributed by atoms with E-state index in [-0.39, 0.29) is 37.5 Å². The van der Waals surface area contributed by atoms with Crippen molar-refractivity contribution in [2.45, 2.75) is 101 Å². The molecule has 0 amide bonds. The number of carbonyl (C=O) groups is 1. The van der Waals surface area contributed by atoms with Gasteiger partial charge in [0.15, 0.2) is 0 Å². The quantitative estimate of drug-likeness (QED) is 0.317. The second kappa shape index (κ2) is 7.03. The second-order valence-electron chi connectivity index (χ2n) is 11.6. The van der Waals surface area contributed by atoms with Gasteiger partial charge in [0.2, 0.25) is 0 Å². The fourth-order valence-corrected chi connectivity index (χ4v) is 8.40. The van der Waals surface area contributed by atoms with Gasteiger partial charge in [-0.2, -0.15) is 0 Å². The molecule has 2 bridgehead atoms. The van der Waals surface area contributed by atoms with Crippen molar-refractivity contribution in [1.82, 2.24) is 0 Å². The molecule has 31 heavy (non-hydrogen) atoms. The minimum absolute atomic E-state index is 0.0401. The van der Waals surface area contributed by atoms with Crippen molar-refractivity contribution < 1.29 is 35.1 Å². The average molecular weight is 461 g/mol. The highest BCUT2D eigenvalue weighted by molar-refractivity contribution is 6.18. The third-order valence-electron chi connectivity index (χ3n) is 9.78. The number of carbonyl (C=O) groups excluding carboxylic acids is 1. The van der Waals surface area contributed by atoms with E-state index in [1.54, 1.807) is 27.7 Å². The summed E-state index contributed by atoms with van der Waals surface area (Å²) >= 11 is 5.73. The Bertz CT molecular complexity index is 752. The van der Waals surface area contributed by atoms with Crippen LogP contribution in [0.2, 0.25) is 0 Å². The lowest BCUT2D eigenvalue weighted by Crippen LogP contribution is -2.60. The van der Waals surface area contributed by atoms with Crippen LogP contribution < -0.4 is 0 Å².